The second kappa shape index (κ2) is 8.33. The Morgan fingerprint density at radius 2 is 1.75 bits per heavy atom. The molecule has 1 aliphatic rings. The van der Waals surface area contributed by atoms with Crippen LogP contribution in [-0.4, -0.2) is 54.6 Å². The molecule has 1 aromatic heterocycles. The average Bonchev–Trinajstić information content (AvgIpc) is 2.64. The van der Waals surface area contributed by atoms with Crippen molar-refractivity contribution in [3.05, 3.63) is 65.7 Å². The predicted molar refractivity (Wildman–Crippen MR) is 92.1 cm³/mol. The number of methoxy groups -OCH3 is 1. The molecular weight excluding hydrogens is 305 g/mol. The zero-order valence-electron chi connectivity index (χ0n) is 14.1. The summed E-state index contributed by atoms with van der Waals surface area (Å²) in [7, 11) is 1.76. The van der Waals surface area contributed by atoms with E-state index < -0.39 is 0 Å². The van der Waals surface area contributed by atoms with Gasteiger partial charge in [0, 0.05) is 52.6 Å². The number of rotatable bonds is 6. The summed E-state index contributed by atoms with van der Waals surface area (Å²) in [5, 5.41) is 0. The highest BCUT2D eigenvalue weighted by Gasteiger charge is 2.21. The highest BCUT2D eigenvalue weighted by Crippen LogP contribution is 2.19. The lowest BCUT2D eigenvalue weighted by Crippen LogP contribution is -2.47. The molecule has 0 aliphatic carbocycles. The molecule has 4 nitrogen and oxygen atoms in total. The van der Waals surface area contributed by atoms with Crippen LogP contribution in [0.4, 0.5) is 4.39 Å². The molecule has 3 rings (SSSR count). The Labute approximate surface area is 142 Å². The van der Waals surface area contributed by atoms with E-state index in [2.05, 4.69) is 26.9 Å². The minimum atomic E-state index is -0.219. The zero-order valence-corrected chi connectivity index (χ0v) is 14.1. The maximum Gasteiger partial charge on any atom is 0.146 e. The third kappa shape index (κ3) is 4.38. The van der Waals surface area contributed by atoms with E-state index in [1.807, 2.05) is 18.2 Å². The van der Waals surface area contributed by atoms with Crippen molar-refractivity contribution in [3.63, 3.8) is 0 Å². The summed E-state index contributed by atoms with van der Waals surface area (Å²) in [4.78, 5) is 8.81. The van der Waals surface area contributed by atoms with Gasteiger partial charge in [-0.2, -0.15) is 0 Å². The van der Waals surface area contributed by atoms with Gasteiger partial charge in [0.15, 0.2) is 0 Å². The third-order valence-electron chi connectivity index (χ3n) is 4.55. The zero-order chi connectivity index (χ0) is 16.8. The number of benzene rings is 1. The summed E-state index contributed by atoms with van der Waals surface area (Å²) in [6.07, 6.45) is 1.74. The highest BCUT2D eigenvalue weighted by atomic mass is 19.1. The number of hydrogen-bond donors (Lipinski definition) is 0. The molecule has 1 fully saturated rings. The van der Waals surface area contributed by atoms with Crippen LogP contribution >= 0.6 is 0 Å². The molecule has 1 aromatic carbocycles. The monoisotopic (exact) mass is 329 g/mol. The van der Waals surface area contributed by atoms with E-state index in [-0.39, 0.29) is 11.9 Å². The first-order chi connectivity index (χ1) is 11.8. The van der Waals surface area contributed by atoms with Crippen molar-refractivity contribution in [2.45, 2.75) is 12.6 Å². The van der Waals surface area contributed by atoms with E-state index in [1.165, 1.54) is 11.6 Å². The van der Waals surface area contributed by atoms with Gasteiger partial charge in [-0.3, -0.25) is 14.8 Å². The molecule has 1 aliphatic heterocycles. The third-order valence-corrected chi connectivity index (χ3v) is 4.55. The van der Waals surface area contributed by atoms with Gasteiger partial charge in [0.05, 0.1) is 11.8 Å². The summed E-state index contributed by atoms with van der Waals surface area (Å²) in [6.45, 7) is 5.21. The number of nitrogens with zero attached hydrogens (tertiary/aromatic N) is 3. The van der Waals surface area contributed by atoms with Crippen molar-refractivity contribution >= 4 is 0 Å². The lowest BCUT2D eigenvalue weighted by molar-refractivity contribution is 0.0401. The second-order valence-electron chi connectivity index (χ2n) is 6.14. The van der Waals surface area contributed by atoms with Crippen LogP contribution in [0, 0.1) is 5.82 Å². The molecule has 128 valence electrons. The molecule has 0 N–H and O–H groups in total. The van der Waals surface area contributed by atoms with Gasteiger partial charge in [-0.25, -0.2) is 4.39 Å². The number of ether oxygens (including phenoxy) is 1. The molecule has 1 atom stereocenters. The topological polar surface area (TPSA) is 28.6 Å². The minimum absolute atomic E-state index is 0.0889. The van der Waals surface area contributed by atoms with E-state index in [0.29, 0.717) is 12.2 Å². The molecule has 2 heterocycles. The summed E-state index contributed by atoms with van der Waals surface area (Å²) >= 11 is 0. The molecule has 0 saturated carbocycles. The Balaban J connectivity index is 1.51. The Morgan fingerprint density at radius 3 is 2.42 bits per heavy atom. The van der Waals surface area contributed by atoms with Gasteiger partial charge in [0.25, 0.3) is 0 Å². The van der Waals surface area contributed by atoms with Crippen molar-refractivity contribution in [3.8, 4) is 0 Å². The van der Waals surface area contributed by atoms with Gasteiger partial charge in [0.2, 0.25) is 0 Å². The van der Waals surface area contributed by atoms with Crippen LogP contribution in [0.15, 0.2) is 48.7 Å². The van der Waals surface area contributed by atoms with Crippen LogP contribution in [-0.2, 0) is 11.3 Å². The molecule has 0 radical (unpaired) electrons. The maximum atomic E-state index is 13.7. The lowest BCUT2D eigenvalue weighted by atomic mass is 10.1. The molecule has 2 aromatic rings. The van der Waals surface area contributed by atoms with Gasteiger partial charge in [-0.1, -0.05) is 30.3 Å². The second-order valence-corrected chi connectivity index (χ2v) is 6.14. The summed E-state index contributed by atoms with van der Waals surface area (Å²) in [6, 6.07) is 13.4. The fourth-order valence-electron chi connectivity index (χ4n) is 3.09. The van der Waals surface area contributed by atoms with Gasteiger partial charge < -0.3 is 4.74 Å². The first-order valence-electron chi connectivity index (χ1n) is 8.38. The number of pyridine rings is 1. The lowest BCUT2D eigenvalue weighted by Gasteiger charge is -2.36. The van der Waals surface area contributed by atoms with Crippen LogP contribution < -0.4 is 0 Å². The molecule has 24 heavy (non-hydrogen) atoms. The van der Waals surface area contributed by atoms with Crippen LogP contribution in [0.5, 0.6) is 0 Å². The molecule has 5 heteroatoms. The van der Waals surface area contributed by atoms with Crippen molar-refractivity contribution < 1.29 is 9.13 Å². The first-order valence-corrected chi connectivity index (χ1v) is 8.38. The number of hydrogen-bond acceptors (Lipinski definition) is 4. The van der Waals surface area contributed by atoms with Gasteiger partial charge in [0.1, 0.15) is 5.82 Å². The van der Waals surface area contributed by atoms with Crippen molar-refractivity contribution in [1.29, 1.82) is 0 Å². The minimum Gasteiger partial charge on any atom is -0.375 e. The smallest absolute Gasteiger partial charge is 0.146 e. The Morgan fingerprint density at radius 1 is 1.04 bits per heavy atom. The Kier molecular flexibility index (Phi) is 5.91. The van der Waals surface area contributed by atoms with E-state index in [1.54, 1.807) is 19.4 Å². The average molecular weight is 329 g/mol. The largest absolute Gasteiger partial charge is 0.375 e. The van der Waals surface area contributed by atoms with Crippen LogP contribution in [0.3, 0.4) is 0 Å². The number of aromatic nitrogens is 1. The summed E-state index contributed by atoms with van der Waals surface area (Å²) in [5.74, 6) is -0.219. The molecule has 0 amide bonds. The normalized spacial score (nSPS) is 17.8. The summed E-state index contributed by atoms with van der Waals surface area (Å²) < 4.78 is 19.4. The molecular formula is C19H24FN3O. The first kappa shape index (κ1) is 17.0. The molecule has 0 bridgehead atoms. The fraction of sp³-hybridized carbons (Fsp3) is 0.421. The van der Waals surface area contributed by atoms with Crippen molar-refractivity contribution in [2.75, 3.05) is 39.8 Å². The van der Waals surface area contributed by atoms with E-state index in [9.17, 15) is 4.39 Å². The van der Waals surface area contributed by atoms with Gasteiger partial charge in [-0.05, 0) is 17.7 Å². The van der Waals surface area contributed by atoms with E-state index in [0.717, 1.165) is 32.7 Å². The van der Waals surface area contributed by atoms with Gasteiger partial charge in [-0.15, -0.1) is 0 Å². The molecule has 0 spiro atoms. The van der Waals surface area contributed by atoms with E-state index in [4.69, 9.17) is 4.74 Å². The summed E-state index contributed by atoms with van der Waals surface area (Å²) in [5.41, 5.74) is 1.74. The predicted octanol–water partition coefficient (Wildman–Crippen LogP) is 2.73. The van der Waals surface area contributed by atoms with Crippen LogP contribution in [0.2, 0.25) is 0 Å². The van der Waals surface area contributed by atoms with Crippen molar-refractivity contribution in [1.82, 2.24) is 14.8 Å². The fourth-order valence-corrected chi connectivity index (χ4v) is 3.09. The Hall–Kier alpha value is -1.82. The van der Waals surface area contributed by atoms with Crippen LogP contribution in [0.1, 0.15) is 17.4 Å². The quantitative estimate of drug-likeness (QED) is 0.815. The Bertz CT molecular complexity index is 630. The van der Waals surface area contributed by atoms with Gasteiger partial charge >= 0.3 is 0 Å². The van der Waals surface area contributed by atoms with Crippen molar-refractivity contribution in [2.24, 2.45) is 0 Å². The number of halogens is 1. The number of piperazine rings is 1. The standard InChI is InChI=1S/C19H24FN3O/c1-24-19(16-6-3-2-4-7-16)15-23-12-10-22(11-13-23)14-18-17(20)8-5-9-21-18/h2-9,19H,10-15H2,1H3. The maximum absolute atomic E-state index is 13.7. The van der Waals surface area contributed by atoms with Crippen LogP contribution in [0.25, 0.3) is 0 Å². The highest BCUT2D eigenvalue weighted by molar-refractivity contribution is 5.18. The molecule has 1 saturated heterocycles. The van der Waals surface area contributed by atoms with E-state index >= 15 is 0 Å². The SMILES string of the molecule is COC(CN1CCN(Cc2ncccc2F)CC1)c1ccccc1. The molecule has 1 unspecified atom stereocenters.